The van der Waals surface area contributed by atoms with Crippen LogP contribution in [0.4, 0.5) is 5.69 Å². The zero-order chi connectivity index (χ0) is 16.1. The maximum atomic E-state index is 12.3. The second-order valence-electron chi connectivity index (χ2n) is 5.47. The van der Waals surface area contributed by atoms with Crippen LogP contribution in [0.15, 0.2) is 18.2 Å². The number of aliphatic carboxylic acids is 1. The summed E-state index contributed by atoms with van der Waals surface area (Å²) in [5.41, 5.74) is 0.593. The fourth-order valence-electron chi connectivity index (χ4n) is 2.75. The minimum Gasteiger partial charge on any atom is -0.492 e. The molecule has 0 aromatic heterocycles. The van der Waals surface area contributed by atoms with Gasteiger partial charge in [0.25, 0.3) is 0 Å². The van der Waals surface area contributed by atoms with Crippen molar-refractivity contribution in [1.29, 1.82) is 0 Å². The van der Waals surface area contributed by atoms with Crippen LogP contribution < -0.4 is 10.1 Å². The van der Waals surface area contributed by atoms with Crippen molar-refractivity contribution in [2.45, 2.75) is 32.6 Å². The van der Waals surface area contributed by atoms with Crippen LogP contribution in [-0.4, -0.2) is 23.6 Å². The van der Waals surface area contributed by atoms with Gasteiger partial charge in [0.15, 0.2) is 0 Å². The third-order valence-corrected chi connectivity index (χ3v) is 4.19. The molecule has 2 N–H and O–H groups in total. The summed E-state index contributed by atoms with van der Waals surface area (Å²) in [4.78, 5) is 23.3. The zero-order valence-corrected chi connectivity index (χ0v) is 13.2. The highest BCUT2D eigenvalue weighted by molar-refractivity contribution is 6.32. The lowest BCUT2D eigenvalue weighted by molar-refractivity contribution is -0.143. The number of carbonyl (C=O) groups is 2. The number of rotatable bonds is 5. The second kappa shape index (κ2) is 7.49. The summed E-state index contributed by atoms with van der Waals surface area (Å²) >= 11 is 6.09. The molecule has 0 heterocycles. The number of amides is 1. The molecule has 0 bridgehead atoms. The molecule has 5 nitrogen and oxygen atoms in total. The van der Waals surface area contributed by atoms with E-state index in [0.717, 1.165) is 12.8 Å². The van der Waals surface area contributed by atoms with Crippen molar-refractivity contribution in [2.24, 2.45) is 11.8 Å². The first-order valence-corrected chi connectivity index (χ1v) is 7.85. The van der Waals surface area contributed by atoms with Crippen LogP contribution in [0.3, 0.4) is 0 Å². The monoisotopic (exact) mass is 325 g/mol. The molecule has 6 heteroatoms. The average Bonchev–Trinajstić information content (AvgIpc) is 2.50. The molecule has 0 spiro atoms. The van der Waals surface area contributed by atoms with Gasteiger partial charge in [-0.1, -0.05) is 18.0 Å². The summed E-state index contributed by atoms with van der Waals surface area (Å²) in [5.74, 6) is -1.08. The Morgan fingerprint density at radius 1 is 1.36 bits per heavy atom. The Morgan fingerprint density at radius 3 is 2.73 bits per heavy atom. The molecule has 2 unspecified atom stereocenters. The SMILES string of the molecule is CCOc1ccc(NC(=O)C2CCCC(C(=O)O)C2)cc1Cl. The lowest BCUT2D eigenvalue weighted by Gasteiger charge is -2.25. The molecule has 120 valence electrons. The second-order valence-corrected chi connectivity index (χ2v) is 5.87. The molecule has 1 aliphatic carbocycles. The van der Waals surface area contributed by atoms with Gasteiger partial charge in [0.05, 0.1) is 17.5 Å². The topological polar surface area (TPSA) is 75.6 Å². The van der Waals surface area contributed by atoms with Gasteiger partial charge >= 0.3 is 5.97 Å². The molecule has 1 saturated carbocycles. The Bertz CT molecular complexity index is 561. The van der Waals surface area contributed by atoms with Crippen LogP contribution in [0, 0.1) is 11.8 Å². The van der Waals surface area contributed by atoms with Crippen molar-refractivity contribution in [3.63, 3.8) is 0 Å². The number of halogens is 1. The molecule has 2 atom stereocenters. The first kappa shape index (κ1) is 16.6. The molecule has 1 aromatic rings. The van der Waals surface area contributed by atoms with Crippen molar-refractivity contribution in [2.75, 3.05) is 11.9 Å². The minimum absolute atomic E-state index is 0.147. The molecular formula is C16H20ClNO4. The number of nitrogens with one attached hydrogen (secondary N) is 1. The zero-order valence-electron chi connectivity index (χ0n) is 12.5. The van der Waals surface area contributed by atoms with Crippen LogP contribution >= 0.6 is 11.6 Å². The first-order chi connectivity index (χ1) is 10.5. The van der Waals surface area contributed by atoms with Gasteiger partial charge in [0.2, 0.25) is 5.91 Å². The number of ether oxygens (including phenoxy) is 1. The van der Waals surface area contributed by atoms with Crippen molar-refractivity contribution in [3.8, 4) is 5.75 Å². The Labute approximate surface area is 134 Å². The number of carbonyl (C=O) groups excluding carboxylic acids is 1. The van der Waals surface area contributed by atoms with Crippen LogP contribution in [0.2, 0.25) is 5.02 Å². The predicted octanol–water partition coefficient (Wildman–Crippen LogP) is 3.57. The van der Waals surface area contributed by atoms with Gasteiger partial charge in [0.1, 0.15) is 5.75 Å². The van der Waals surface area contributed by atoms with Gasteiger partial charge in [-0.15, -0.1) is 0 Å². The van der Waals surface area contributed by atoms with Gasteiger partial charge in [-0.3, -0.25) is 9.59 Å². The average molecular weight is 326 g/mol. The van der Waals surface area contributed by atoms with Crippen molar-refractivity contribution in [3.05, 3.63) is 23.2 Å². The number of carboxylic acids is 1. The van der Waals surface area contributed by atoms with Gasteiger partial charge in [0, 0.05) is 11.6 Å². The number of hydrogen-bond donors (Lipinski definition) is 2. The molecule has 0 saturated heterocycles. The normalized spacial score (nSPS) is 21.2. The van der Waals surface area contributed by atoms with Crippen molar-refractivity contribution in [1.82, 2.24) is 0 Å². The fraction of sp³-hybridized carbons (Fsp3) is 0.500. The third-order valence-electron chi connectivity index (χ3n) is 3.89. The number of anilines is 1. The highest BCUT2D eigenvalue weighted by Gasteiger charge is 2.31. The van der Waals surface area contributed by atoms with E-state index in [2.05, 4.69) is 5.32 Å². The fourth-order valence-corrected chi connectivity index (χ4v) is 2.98. The highest BCUT2D eigenvalue weighted by Crippen LogP contribution is 2.31. The van der Waals surface area contributed by atoms with E-state index in [1.54, 1.807) is 18.2 Å². The van der Waals surface area contributed by atoms with Crippen LogP contribution in [0.1, 0.15) is 32.6 Å². The lowest BCUT2D eigenvalue weighted by atomic mass is 9.81. The summed E-state index contributed by atoms with van der Waals surface area (Å²) in [7, 11) is 0. The standard InChI is InChI=1S/C16H20ClNO4/c1-2-22-14-7-6-12(9-13(14)17)18-15(19)10-4-3-5-11(8-10)16(20)21/h6-7,9-11H,2-5,8H2,1H3,(H,18,19)(H,20,21). The van der Waals surface area contributed by atoms with E-state index in [0.29, 0.717) is 35.9 Å². The summed E-state index contributed by atoms with van der Waals surface area (Å²) < 4.78 is 5.34. The number of hydrogen-bond acceptors (Lipinski definition) is 3. The van der Waals surface area contributed by atoms with Gasteiger partial charge < -0.3 is 15.2 Å². The van der Waals surface area contributed by atoms with E-state index in [4.69, 9.17) is 21.4 Å². The van der Waals surface area contributed by atoms with Crippen LogP contribution in [0.25, 0.3) is 0 Å². The molecule has 0 aliphatic heterocycles. The summed E-state index contributed by atoms with van der Waals surface area (Å²) in [5, 5.41) is 12.3. The van der Waals surface area contributed by atoms with Gasteiger partial charge in [-0.05, 0) is 44.4 Å². The largest absolute Gasteiger partial charge is 0.492 e. The van der Waals surface area contributed by atoms with E-state index < -0.39 is 11.9 Å². The molecule has 0 radical (unpaired) electrons. The first-order valence-electron chi connectivity index (χ1n) is 7.47. The van der Waals surface area contributed by atoms with Gasteiger partial charge in [-0.25, -0.2) is 0 Å². The molecule has 1 aromatic carbocycles. The smallest absolute Gasteiger partial charge is 0.306 e. The van der Waals surface area contributed by atoms with E-state index in [-0.39, 0.29) is 11.8 Å². The van der Waals surface area contributed by atoms with Crippen LogP contribution in [-0.2, 0) is 9.59 Å². The Morgan fingerprint density at radius 2 is 2.09 bits per heavy atom. The summed E-state index contributed by atoms with van der Waals surface area (Å²) in [6, 6.07) is 5.08. The highest BCUT2D eigenvalue weighted by atomic mass is 35.5. The molecule has 22 heavy (non-hydrogen) atoms. The van der Waals surface area contributed by atoms with Gasteiger partial charge in [-0.2, -0.15) is 0 Å². The Kier molecular flexibility index (Phi) is 5.66. The summed E-state index contributed by atoms with van der Waals surface area (Å²) in [6.45, 7) is 2.39. The van der Waals surface area contributed by atoms with E-state index in [1.807, 2.05) is 6.92 Å². The van der Waals surface area contributed by atoms with E-state index in [1.165, 1.54) is 0 Å². The Hall–Kier alpha value is -1.75. The summed E-state index contributed by atoms with van der Waals surface area (Å²) in [6.07, 6.45) is 2.53. The van der Waals surface area contributed by atoms with Crippen molar-refractivity contribution < 1.29 is 19.4 Å². The maximum absolute atomic E-state index is 12.3. The van der Waals surface area contributed by atoms with Crippen LogP contribution in [0.5, 0.6) is 5.75 Å². The maximum Gasteiger partial charge on any atom is 0.306 e. The minimum atomic E-state index is -0.818. The quantitative estimate of drug-likeness (QED) is 0.867. The third kappa shape index (κ3) is 4.13. The predicted molar refractivity (Wildman–Crippen MR) is 84.3 cm³/mol. The molecular weight excluding hydrogens is 306 g/mol. The molecule has 2 rings (SSSR count). The van der Waals surface area contributed by atoms with E-state index >= 15 is 0 Å². The molecule has 1 aliphatic rings. The number of benzene rings is 1. The lowest BCUT2D eigenvalue weighted by Crippen LogP contribution is -2.30. The Balaban J connectivity index is 1.99. The number of carboxylic acid groups (broad SMARTS) is 1. The molecule has 1 fully saturated rings. The van der Waals surface area contributed by atoms with Crippen molar-refractivity contribution >= 4 is 29.2 Å². The van der Waals surface area contributed by atoms with E-state index in [9.17, 15) is 9.59 Å². The molecule has 1 amide bonds.